The van der Waals surface area contributed by atoms with Crippen LogP contribution in [0.5, 0.6) is 0 Å². The van der Waals surface area contributed by atoms with Gasteiger partial charge in [-0.25, -0.2) is 0 Å². The number of aryl methyl sites for hydroxylation is 1. The molecular weight excluding hydrogens is 248 g/mol. The topological polar surface area (TPSA) is 55.1 Å². The SMILES string of the molecule is Cc1ccc(C#CCN)c(C(=O)NCCCC(C)C)c1. The number of rotatable bonds is 5. The van der Waals surface area contributed by atoms with E-state index in [1.54, 1.807) is 0 Å². The number of hydrogen-bond acceptors (Lipinski definition) is 2. The molecule has 0 unspecified atom stereocenters. The lowest BCUT2D eigenvalue weighted by Gasteiger charge is -2.09. The van der Waals surface area contributed by atoms with Crippen molar-refractivity contribution in [2.75, 3.05) is 13.1 Å². The molecule has 3 heteroatoms. The summed E-state index contributed by atoms with van der Waals surface area (Å²) < 4.78 is 0. The molecule has 0 spiro atoms. The number of carbonyl (C=O) groups excluding carboxylic acids is 1. The summed E-state index contributed by atoms with van der Waals surface area (Å²) in [6.45, 7) is 7.33. The summed E-state index contributed by atoms with van der Waals surface area (Å²) >= 11 is 0. The number of nitrogens with one attached hydrogen (secondary N) is 1. The largest absolute Gasteiger partial charge is 0.352 e. The van der Waals surface area contributed by atoms with Crippen LogP contribution in [0.15, 0.2) is 18.2 Å². The number of hydrogen-bond donors (Lipinski definition) is 2. The van der Waals surface area contributed by atoms with Gasteiger partial charge in [-0.2, -0.15) is 0 Å². The van der Waals surface area contributed by atoms with Gasteiger partial charge in [0, 0.05) is 12.1 Å². The summed E-state index contributed by atoms with van der Waals surface area (Å²) in [5, 5.41) is 2.96. The minimum Gasteiger partial charge on any atom is -0.352 e. The molecule has 3 N–H and O–H groups in total. The maximum atomic E-state index is 12.2. The van der Waals surface area contributed by atoms with Crippen LogP contribution in [0.25, 0.3) is 0 Å². The first-order valence-corrected chi connectivity index (χ1v) is 7.12. The summed E-state index contributed by atoms with van der Waals surface area (Å²) in [5.74, 6) is 6.36. The van der Waals surface area contributed by atoms with E-state index in [0.717, 1.165) is 24.0 Å². The molecule has 1 amide bonds. The third-order valence-corrected chi connectivity index (χ3v) is 2.99. The molecule has 108 valence electrons. The molecule has 0 aliphatic heterocycles. The van der Waals surface area contributed by atoms with Crippen LogP contribution in [0.1, 0.15) is 48.2 Å². The van der Waals surface area contributed by atoms with E-state index in [2.05, 4.69) is 31.0 Å². The van der Waals surface area contributed by atoms with Crippen LogP contribution < -0.4 is 11.1 Å². The Kier molecular flexibility index (Phi) is 6.83. The van der Waals surface area contributed by atoms with Gasteiger partial charge in [-0.15, -0.1) is 0 Å². The van der Waals surface area contributed by atoms with Gasteiger partial charge >= 0.3 is 0 Å². The van der Waals surface area contributed by atoms with Gasteiger partial charge in [0.25, 0.3) is 5.91 Å². The molecule has 3 nitrogen and oxygen atoms in total. The van der Waals surface area contributed by atoms with Gasteiger partial charge in [0.15, 0.2) is 0 Å². The Labute approximate surface area is 121 Å². The van der Waals surface area contributed by atoms with E-state index in [9.17, 15) is 4.79 Å². The van der Waals surface area contributed by atoms with Gasteiger partial charge in [0.2, 0.25) is 0 Å². The zero-order valence-corrected chi connectivity index (χ0v) is 12.6. The summed E-state index contributed by atoms with van der Waals surface area (Å²) in [6, 6.07) is 5.70. The monoisotopic (exact) mass is 272 g/mol. The first-order valence-electron chi connectivity index (χ1n) is 7.12. The molecule has 0 radical (unpaired) electrons. The normalized spacial score (nSPS) is 10.1. The van der Waals surface area contributed by atoms with Crippen LogP contribution >= 0.6 is 0 Å². The van der Waals surface area contributed by atoms with Crippen molar-refractivity contribution in [3.05, 3.63) is 34.9 Å². The highest BCUT2D eigenvalue weighted by Gasteiger charge is 2.10. The van der Waals surface area contributed by atoms with Crippen LogP contribution in [-0.2, 0) is 0 Å². The smallest absolute Gasteiger partial charge is 0.252 e. The number of benzene rings is 1. The molecule has 0 atom stereocenters. The second kappa shape index (κ2) is 8.39. The van der Waals surface area contributed by atoms with Gasteiger partial charge in [-0.05, 0) is 37.8 Å². The molecule has 1 rings (SSSR count). The molecule has 0 bridgehead atoms. The number of carbonyl (C=O) groups is 1. The van der Waals surface area contributed by atoms with E-state index in [1.807, 2.05) is 25.1 Å². The van der Waals surface area contributed by atoms with Gasteiger partial charge in [-0.1, -0.05) is 37.3 Å². The number of amides is 1. The number of nitrogens with two attached hydrogens (primary N) is 1. The van der Waals surface area contributed by atoms with Crippen molar-refractivity contribution >= 4 is 5.91 Å². The molecule has 20 heavy (non-hydrogen) atoms. The molecule has 0 aliphatic carbocycles. The van der Waals surface area contributed by atoms with Crippen molar-refractivity contribution in [1.29, 1.82) is 0 Å². The van der Waals surface area contributed by atoms with Gasteiger partial charge in [-0.3, -0.25) is 4.79 Å². The Bertz CT molecular complexity index is 509. The molecule has 0 aromatic heterocycles. The van der Waals surface area contributed by atoms with Crippen molar-refractivity contribution < 1.29 is 4.79 Å². The predicted molar refractivity (Wildman–Crippen MR) is 83.5 cm³/mol. The second-order valence-electron chi connectivity index (χ2n) is 5.35. The van der Waals surface area contributed by atoms with Crippen LogP contribution in [0.4, 0.5) is 0 Å². The van der Waals surface area contributed by atoms with E-state index in [0.29, 0.717) is 24.6 Å². The summed E-state index contributed by atoms with van der Waals surface area (Å²) in [5.41, 5.74) is 7.81. The first-order chi connectivity index (χ1) is 9.54. The Morgan fingerprint density at radius 1 is 1.40 bits per heavy atom. The maximum Gasteiger partial charge on any atom is 0.252 e. The highest BCUT2D eigenvalue weighted by molar-refractivity contribution is 5.96. The lowest BCUT2D eigenvalue weighted by molar-refractivity contribution is 0.0952. The Balaban J connectivity index is 2.73. The highest BCUT2D eigenvalue weighted by Crippen LogP contribution is 2.11. The fourth-order valence-corrected chi connectivity index (χ4v) is 1.91. The fraction of sp³-hybridized carbons (Fsp3) is 0.471. The second-order valence-corrected chi connectivity index (χ2v) is 5.35. The Morgan fingerprint density at radius 2 is 2.15 bits per heavy atom. The van der Waals surface area contributed by atoms with E-state index >= 15 is 0 Å². The van der Waals surface area contributed by atoms with Crippen molar-refractivity contribution in [1.82, 2.24) is 5.32 Å². The van der Waals surface area contributed by atoms with Crippen molar-refractivity contribution in [2.24, 2.45) is 11.7 Å². The summed E-state index contributed by atoms with van der Waals surface area (Å²) in [6.07, 6.45) is 2.12. The fourth-order valence-electron chi connectivity index (χ4n) is 1.91. The lowest BCUT2D eigenvalue weighted by Crippen LogP contribution is -2.25. The minimum atomic E-state index is -0.0567. The summed E-state index contributed by atoms with van der Waals surface area (Å²) in [7, 11) is 0. The quantitative estimate of drug-likeness (QED) is 0.639. The maximum absolute atomic E-state index is 12.2. The van der Waals surface area contributed by atoms with Crippen LogP contribution in [0.3, 0.4) is 0 Å². The van der Waals surface area contributed by atoms with E-state index < -0.39 is 0 Å². The van der Waals surface area contributed by atoms with Crippen LogP contribution in [0.2, 0.25) is 0 Å². The predicted octanol–water partition coefficient (Wildman–Crippen LogP) is 2.47. The molecule has 0 saturated heterocycles. The van der Waals surface area contributed by atoms with E-state index in [1.165, 1.54) is 0 Å². The van der Waals surface area contributed by atoms with Crippen LogP contribution in [0, 0.1) is 24.7 Å². The average molecular weight is 272 g/mol. The van der Waals surface area contributed by atoms with Crippen molar-refractivity contribution in [3.8, 4) is 11.8 Å². The van der Waals surface area contributed by atoms with Gasteiger partial charge in [0.05, 0.1) is 12.1 Å². The van der Waals surface area contributed by atoms with Crippen LogP contribution in [-0.4, -0.2) is 19.0 Å². The zero-order chi connectivity index (χ0) is 15.0. The molecule has 1 aromatic carbocycles. The van der Waals surface area contributed by atoms with Gasteiger partial charge < -0.3 is 11.1 Å². The first kappa shape index (κ1) is 16.3. The molecule has 0 fully saturated rings. The standard InChI is InChI=1S/C17H24N2O/c1-13(2)6-5-11-19-17(20)16-12-14(3)8-9-15(16)7-4-10-18/h8-9,12-13H,5-6,10-11,18H2,1-3H3,(H,19,20). The van der Waals surface area contributed by atoms with Crippen molar-refractivity contribution in [2.45, 2.75) is 33.6 Å². The van der Waals surface area contributed by atoms with Crippen molar-refractivity contribution in [3.63, 3.8) is 0 Å². The zero-order valence-electron chi connectivity index (χ0n) is 12.6. The molecule has 0 heterocycles. The molecule has 0 aliphatic rings. The van der Waals surface area contributed by atoms with E-state index in [-0.39, 0.29) is 5.91 Å². The summed E-state index contributed by atoms with van der Waals surface area (Å²) in [4.78, 5) is 12.2. The molecule has 0 saturated carbocycles. The lowest BCUT2D eigenvalue weighted by atomic mass is 10.0. The minimum absolute atomic E-state index is 0.0567. The third kappa shape index (κ3) is 5.46. The average Bonchev–Trinajstić information content (AvgIpc) is 2.41. The highest BCUT2D eigenvalue weighted by atomic mass is 16.1. The Morgan fingerprint density at radius 3 is 2.80 bits per heavy atom. The molecule has 1 aromatic rings. The Hall–Kier alpha value is -1.79. The molecular formula is C17H24N2O. The van der Waals surface area contributed by atoms with E-state index in [4.69, 9.17) is 5.73 Å². The third-order valence-electron chi connectivity index (χ3n) is 2.99. The van der Waals surface area contributed by atoms with Gasteiger partial charge in [0.1, 0.15) is 0 Å².